The maximum atomic E-state index is 11.6. The first-order valence-electron chi connectivity index (χ1n) is 5.20. The Morgan fingerprint density at radius 3 is 2.78 bits per heavy atom. The quantitative estimate of drug-likeness (QED) is 0.755. The molecule has 0 aliphatic rings. The number of carbonyl (C=O) groups excluding carboxylic acids is 3. The maximum Gasteiger partial charge on any atom is 0.325 e. The van der Waals surface area contributed by atoms with E-state index in [-0.39, 0.29) is 24.8 Å². The van der Waals surface area contributed by atoms with E-state index in [4.69, 9.17) is 0 Å². The van der Waals surface area contributed by atoms with Crippen molar-refractivity contribution in [3.63, 3.8) is 0 Å². The van der Waals surface area contributed by atoms with E-state index in [1.165, 1.54) is 12.3 Å². The second-order valence-electron chi connectivity index (χ2n) is 3.21. The standard InChI is InChI=1S/C10H13N3O4S/c1-3-17-8(15)4-11-9(16)7-5-18-10(13-7)12-6(2)14/h5H,3-4H2,1-2H3,(H,11,16)(H,12,13,14). The number of amides is 2. The smallest absolute Gasteiger partial charge is 0.325 e. The zero-order chi connectivity index (χ0) is 13.5. The van der Waals surface area contributed by atoms with Gasteiger partial charge in [-0.1, -0.05) is 0 Å². The highest BCUT2D eigenvalue weighted by Gasteiger charge is 2.12. The first kappa shape index (κ1) is 14.1. The summed E-state index contributed by atoms with van der Waals surface area (Å²) in [5.74, 6) is -1.26. The first-order chi connectivity index (χ1) is 8.52. The van der Waals surface area contributed by atoms with Crippen molar-refractivity contribution in [2.24, 2.45) is 0 Å². The number of thiazole rings is 1. The Kier molecular flexibility index (Phi) is 5.25. The van der Waals surface area contributed by atoms with E-state index in [9.17, 15) is 14.4 Å². The fraction of sp³-hybridized carbons (Fsp3) is 0.400. The van der Waals surface area contributed by atoms with Crippen LogP contribution in [0.3, 0.4) is 0 Å². The molecule has 0 atom stereocenters. The van der Waals surface area contributed by atoms with Gasteiger partial charge >= 0.3 is 5.97 Å². The van der Waals surface area contributed by atoms with Gasteiger partial charge in [0.15, 0.2) is 5.13 Å². The van der Waals surface area contributed by atoms with E-state index in [1.54, 1.807) is 6.92 Å². The third-order valence-corrected chi connectivity index (χ3v) is 2.48. The van der Waals surface area contributed by atoms with E-state index < -0.39 is 11.9 Å². The van der Waals surface area contributed by atoms with Crippen molar-refractivity contribution in [2.75, 3.05) is 18.5 Å². The number of carbonyl (C=O) groups is 3. The largest absolute Gasteiger partial charge is 0.465 e. The van der Waals surface area contributed by atoms with Crippen LogP contribution in [0.4, 0.5) is 5.13 Å². The summed E-state index contributed by atoms with van der Waals surface area (Å²) >= 11 is 1.13. The number of hydrogen-bond acceptors (Lipinski definition) is 6. The van der Waals surface area contributed by atoms with Crippen molar-refractivity contribution in [2.45, 2.75) is 13.8 Å². The van der Waals surface area contributed by atoms with Gasteiger partial charge in [-0.05, 0) is 6.92 Å². The molecule has 0 spiro atoms. The number of aromatic nitrogens is 1. The normalized spacial score (nSPS) is 9.67. The van der Waals surface area contributed by atoms with Crippen LogP contribution in [-0.2, 0) is 14.3 Å². The molecule has 0 bridgehead atoms. The topological polar surface area (TPSA) is 97.4 Å². The second kappa shape index (κ2) is 6.70. The van der Waals surface area contributed by atoms with E-state index in [0.29, 0.717) is 5.13 Å². The lowest BCUT2D eigenvalue weighted by Gasteiger charge is -2.02. The number of ether oxygens (including phenoxy) is 1. The van der Waals surface area contributed by atoms with Crippen LogP contribution in [0.5, 0.6) is 0 Å². The van der Waals surface area contributed by atoms with Gasteiger partial charge in [0.25, 0.3) is 5.91 Å². The Labute approximate surface area is 108 Å². The molecule has 0 radical (unpaired) electrons. The third kappa shape index (κ3) is 4.50. The molecule has 2 amide bonds. The van der Waals surface area contributed by atoms with Crippen molar-refractivity contribution in [1.82, 2.24) is 10.3 Å². The van der Waals surface area contributed by atoms with Gasteiger partial charge in [0, 0.05) is 12.3 Å². The Morgan fingerprint density at radius 2 is 2.17 bits per heavy atom. The minimum atomic E-state index is -0.511. The monoisotopic (exact) mass is 271 g/mol. The van der Waals surface area contributed by atoms with Gasteiger partial charge in [0.2, 0.25) is 5.91 Å². The fourth-order valence-corrected chi connectivity index (χ4v) is 1.78. The first-order valence-corrected chi connectivity index (χ1v) is 6.07. The number of rotatable bonds is 5. The van der Waals surface area contributed by atoms with Crippen LogP contribution in [0.15, 0.2) is 5.38 Å². The second-order valence-corrected chi connectivity index (χ2v) is 4.06. The van der Waals surface area contributed by atoms with Crippen LogP contribution in [0.25, 0.3) is 0 Å². The highest BCUT2D eigenvalue weighted by Crippen LogP contribution is 2.14. The summed E-state index contributed by atoms with van der Waals surface area (Å²) in [6.07, 6.45) is 0. The molecule has 0 aliphatic heterocycles. The average molecular weight is 271 g/mol. The van der Waals surface area contributed by atoms with E-state index in [0.717, 1.165) is 11.3 Å². The summed E-state index contributed by atoms with van der Waals surface area (Å²) in [6, 6.07) is 0. The summed E-state index contributed by atoms with van der Waals surface area (Å²) in [5.41, 5.74) is 0.146. The predicted octanol–water partition coefficient (Wildman–Crippen LogP) is 0.394. The van der Waals surface area contributed by atoms with Gasteiger partial charge in [-0.3, -0.25) is 14.4 Å². The summed E-state index contributed by atoms with van der Waals surface area (Å²) in [7, 11) is 0. The van der Waals surface area contributed by atoms with Crippen molar-refractivity contribution in [3.05, 3.63) is 11.1 Å². The molecule has 0 aliphatic carbocycles. The molecular formula is C10H13N3O4S. The van der Waals surface area contributed by atoms with E-state index in [2.05, 4.69) is 20.4 Å². The van der Waals surface area contributed by atoms with Crippen LogP contribution < -0.4 is 10.6 Å². The van der Waals surface area contributed by atoms with Crippen LogP contribution >= 0.6 is 11.3 Å². The van der Waals surface area contributed by atoms with Gasteiger partial charge in [-0.15, -0.1) is 11.3 Å². The molecule has 1 aromatic heterocycles. The number of nitrogens with zero attached hydrogens (tertiary/aromatic N) is 1. The van der Waals surface area contributed by atoms with Crippen molar-refractivity contribution >= 4 is 34.3 Å². The van der Waals surface area contributed by atoms with Crippen molar-refractivity contribution < 1.29 is 19.1 Å². The number of anilines is 1. The highest BCUT2D eigenvalue weighted by atomic mass is 32.1. The summed E-state index contributed by atoms with van der Waals surface area (Å²) in [4.78, 5) is 37.3. The van der Waals surface area contributed by atoms with E-state index >= 15 is 0 Å². The molecule has 0 saturated heterocycles. The fourth-order valence-electron chi connectivity index (χ4n) is 1.04. The molecule has 1 aromatic rings. The Balaban J connectivity index is 2.49. The molecule has 0 unspecified atom stereocenters. The maximum absolute atomic E-state index is 11.6. The van der Waals surface area contributed by atoms with Crippen molar-refractivity contribution in [1.29, 1.82) is 0 Å². The Morgan fingerprint density at radius 1 is 1.44 bits per heavy atom. The third-order valence-electron chi connectivity index (χ3n) is 1.72. The molecule has 0 fully saturated rings. The molecule has 0 saturated carbocycles. The molecule has 1 heterocycles. The lowest BCUT2D eigenvalue weighted by molar-refractivity contribution is -0.141. The van der Waals surface area contributed by atoms with Gasteiger partial charge in [-0.25, -0.2) is 4.98 Å². The van der Waals surface area contributed by atoms with Gasteiger partial charge in [0.05, 0.1) is 6.61 Å². The Bertz CT molecular complexity index is 458. The molecule has 8 heteroatoms. The Hall–Kier alpha value is -1.96. The van der Waals surface area contributed by atoms with Gasteiger partial charge < -0.3 is 15.4 Å². The van der Waals surface area contributed by atoms with Gasteiger partial charge in [-0.2, -0.15) is 0 Å². The number of hydrogen-bond donors (Lipinski definition) is 2. The van der Waals surface area contributed by atoms with E-state index in [1.807, 2.05) is 0 Å². The van der Waals surface area contributed by atoms with Crippen molar-refractivity contribution in [3.8, 4) is 0 Å². The zero-order valence-corrected chi connectivity index (χ0v) is 10.8. The lowest BCUT2D eigenvalue weighted by Crippen LogP contribution is -2.30. The van der Waals surface area contributed by atoms with Crippen LogP contribution in [0, 0.1) is 0 Å². The summed E-state index contributed by atoms with van der Waals surface area (Å²) < 4.78 is 4.66. The van der Waals surface area contributed by atoms with Crippen LogP contribution in [0.1, 0.15) is 24.3 Å². The molecule has 7 nitrogen and oxygen atoms in total. The zero-order valence-electron chi connectivity index (χ0n) is 9.98. The van der Waals surface area contributed by atoms with Crippen LogP contribution in [0.2, 0.25) is 0 Å². The molecule has 18 heavy (non-hydrogen) atoms. The number of nitrogens with one attached hydrogen (secondary N) is 2. The molecule has 2 N–H and O–H groups in total. The molecule has 0 aromatic carbocycles. The predicted molar refractivity (Wildman–Crippen MR) is 65.4 cm³/mol. The number of esters is 1. The highest BCUT2D eigenvalue weighted by molar-refractivity contribution is 7.14. The summed E-state index contributed by atoms with van der Waals surface area (Å²) in [6.45, 7) is 3.08. The SMILES string of the molecule is CCOC(=O)CNC(=O)c1csc(NC(C)=O)n1. The minimum Gasteiger partial charge on any atom is -0.465 e. The molecule has 1 rings (SSSR count). The average Bonchev–Trinajstić information content (AvgIpc) is 2.74. The molecule has 98 valence electrons. The lowest BCUT2D eigenvalue weighted by atomic mass is 10.4. The summed E-state index contributed by atoms with van der Waals surface area (Å²) in [5, 5.41) is 6.66. The minimum absolute atomic E-state index is 0.146. The molecular weight excluding hydrogens is 258 g/mol. The van der Waals surface area contributed by atoms with Gasteiger partial charge in [0.1, 0.15) is 12.2 Å². The van der Waals surface area contributed by atoms with Crippen LogP contribution in [-0.4, -0.2) is 35.9 Å².